The highest BCUT2D eigenvalue weighted by molar-refractivity contribution is 5.94. The molecule has 1 aliphatic rings. The maximum atomic E-state index is 12.3. The highest BCUT2D eigenvalue weighted by Gasteiger charge is 2.17. The van der Waals surface area contributed by atoms with Crippen LogP contribution in [0.25, 0.3) is 0 Å². The highest BCUT2D eigenvalue weighted by Crippen LogP contribution is 2.31. The third kappa shape index (κ3) is 3.63. The van der Waals surface area contributed by atoms with Crippen molar-refractivity contribution in [2.75, 3.05) is 33.4 Å². The van der Waals surface area contributed by atoms with Crippen LogP contribution >= 0.6 is 0 Å². The highest BCUT2D eigenvalue weighted by atomic mass is 16.6. The first-order valence-electron chi connectivity index (χ1n) is 7.07. The van der Waals surface area contributed by atoms with Gasteiger partial charge in [-0.05, 0) is 37.6 Å². The van der Waals surface area contributed by atoms with Crippen LogP contribution in [0.5, 0.6) is 11.5 Å². The van der Waals surface area contributed by atoms with Crippen LogP contribution in [0.3, 0.4) is 0 Å². The van der Waals surface area contributed by atoms with Gasteiger partial charge in [0.25, 0.3) is 5.91 Å². The van der Waals surface area contributed by atoms with Crippen LogP contribution in [0.4, 0.5) is 0 Å². The summed E-state index contributed by atoms with van der Waals surface area (Å²) in [5.41, 5.74) is 6.09. The summed E-state index contributed by atoms with van der Waals surface area (Å²) in [6.07, 6.45) is 3.03. The largest absolute Gasteiger partial charge is 0.486 e. The average Bonchev–Trinajstić information content (AvgIpc) is 2.50. The van der Waals surface area contributed by atoms with Crippen molar-refractivity contribution >= 4 is 5.91 Å². The van der Waals surface area contributed by atoms with E-state index in [4.69, 9.17) is 15.2 Å². The van der Waals surface area contributed by atoms with Gasteiger partial charge in [0.2, 0.25) is 0 Å². The lowest BCUT2D eigenvalue weighted by Crippen LogP contribution is -2.28. The van der Waals surface area contributed by atoms with Crippen molar-refractivity contribution in [3.05, 3.63) is 23.8 Å². The zero-order chi connectivity index (χ0) is 14.4. The second kappa shape index (κ2) is 7.14. The summed E-state index contributed by atoms with van der Waals surface area (Å²) in [7, 11) is 1.82. The molecule has 0 spiro atoms. The molecule has 20 heavy (non-hydrogen) atoms. The van der Waals surface area contributed by atoms with E-state index in [0.29, 0.717) is 36.8 Å². The number of hydrogen-bond acceptors (Lipinski definition) is 4. The van der Waals surface area contributed by atoms with Gasteiger partial charge in [-0.25, -0.2) is 0 Å². The van der Waals surface area contributed by atoms with Crippen LogP contribution in [-0.2, 0) is 0 Å². The molecule has 1 aromatic rings. The summed E-state index contributed by atoms with van der Waals surface area (Å²) < 4.78 is 10.9. The van der Waals surface area contributed by atoms with E-state index < -0.39 is 0 Å². The van der Waals surface area contributed by atoms with Crippen molar-refractivity contribution in [2.24, 2.45) is 5.73 Å². The maximum absolute atomic E-state index is 12.3. The minimum Gasteiger partial charge on any atom is -0.486 e. The number of ether oxygens (including phenoxy) is 2. The molecule has 0 aliphatic carbocycles. The summed E-state index contributed by atoms with van der Waals surface area (Å²) in [5, 5.41) is 0. The van der Waals surface area contributed by atoms with Crippen LogP contribution in [-0.4, -0.2) is 44.2 Å². The number of benzene rings is 1. The Bertz CT molecular complexity index is 462. The van der Waals surface area contributed by atoms with Crippen molar-refractivity contribution in [3.8, 4) is 11.5 Å². The molecule has 0 atom stereocenters. The maximum Gasteiger partial charge on any atom is 0.253 e. The Morgan fingerprint density at radius 2 is 1.95 bits per heavy atom. The summed E-state index contributed by atoms with van der Waals surface area (Å²) in [5.74, 6) is 1.37. The lowest BCUT2D eigenvalue weighted by molar-refractivity contribution is 0.0791. The zero-order valence-corrected chi connectivity index (χ0v) is 11.9. The molecule has 1 aliphatic heterocycles. The van der Waals surface area contributed by atoms with Crippen molar-refractivity contribution in [2.45, 2.75) is 19.3 Å². The first-order valence-corrected chi connectivity index (χ1v) is 7.07. The molecular formula is C15H22N2O3. The van der Waals surface area contributed by atoms with Crippen LogP contribution in [0, 0.1) is 0 Å². The number of carbonyl (C=O) groups excluding carboxylic acids is 1. The molecule has 0 saturated carbocycles. The number of amides is 1. The second-order valence-corrected chi connectivity index (χ2v) is 4.93. The van der Waals surface area contributed by atoms with Crippen molar-refractivity contribution in [1.29, 1.82) is 0 Å². The van der Waals surface area contributed by atoms with Gasteiger partial charge in [0.05, 0.1) is 0 Å². The lowest BCUT2D eigenvalue weighted by atomic mass is 10.1. The molecule has 110 valence electrons. The van der Waals surface area contributed by atoms with E-state index in [9.17, 15) is 4.79 Å². The molecule has 0 bridgehead atoms. The molecular weight excluding hydrogens is 256 g/mol. The summed E-state index contributed by atoms with van der Waals surface area (Å²) in [6.45, 7) is 2.54. The second-order valence-electron chi connectivity index (χ2n) is 4.93. The molecule has 0 radical (unpaired) electrons. The first kappa shape index (κ1) is 14.7. The minimum atomic E-state index is 0.00900. The van der Waals surface area contributed by atoms with E-state index in [0.717, 1.165) is 25.8 Å². The normalized spacial score (nSPS) is 13.1. The average molecular weight is 278 g/mol. The Kier molecular flexibility index (Phi) is 5.24. The van der Waals surface area contributed by atoms with Gasteiger partial charge < -0.3 is 20.1 Å². The molecule has 2 rings (SSSR count). The molecule has 0 aromatic heterocycles. The molecule has 2 N–H and O–H groups in total. The Morgan fingerprint density at radius 1 is 1.20 bits per heavy atom. The molecule has 1 heterocycles. The third-order valence-electron chi connectivity index (χ3n) is 3.33. The van der Waals surface area contributed by atoms with E-state index in [-0.39, 0.29) is 5.91 Å². The molecule has 0 unspecified atom stereocenters. The van der Waals surface area contributed by atoms with Crippen LogP contribution in [0.1, 0.15) is 29.6 Å². The van der Waals surface area contributed by atoms with Crippen LogP contribution < -0.4 is 15.2 Å². The van der Waals surface area contributed by atoms with Gasteiger partial charge in [0.15, 0.2) is 11.5 Å². The van der Waals surface area contributed by atoms with Crippen molar-refractivity contribution in [1.82, 2.24) is 4.90 Å². The van der Waals surface area contributed by atoms with E-state index in [1.807, 2.05) is 7.05 Å². The first-order chi connectivity index (χ1) is 9.72. The summed E-state index contributed by atoms with van der Waals surface area (Å²) in [4.78, 5) is 14.0. The van der Waals surface area contributed by atoms with Crippen molar-refractivity contribution in [3.63, 3.8) is 0 Å². The van der Waals surface area contributed by atoms with Gasteiger partial charge in [0.1, 0.15) is 13.2 Å². The Balaban J connectivity index is 1.94. The molecule has 0 saturated heterocycles. The number of rotatable bonds is 6. The number of carbonyl (C=O) groups is 1. The molecule has 1 amide bonds. The van der Waals surface area contributed by atoms with E-state index in [1.54, 1.807) is 23.1 Å². The van der Waals surface area contributed by atoms with Gasteiger partial charge in [-0.1, -0.05) is 6.42 Å². The van der Waals surface area contributed by atoms with Gasteiger partial charge in [0, 0.05) is 19.2 Å². The number of fused-ring (bicyclic) bond motifs is 1. The Hall–Kier alpha value is -1.75. The van der Waals surface area contributed by atoms with Gasteiger partial charge in [-0.2, -0.15) is 0 Å². The van der Waals surface area contributed by atoms with E-state index >= 15 is 0 Å². The molecule has 5 heteroatoms. The number of nitrogens with zero attached hydrogens (tertiary/aromatic N) is 1. The predicted octanol–water partition coefficient (Wildman–Crippen LogP) is 1.66. The van der Waals surface area contributed by atoms with Gasteiger partial charge >= 0.3 is 0 Å². The Labute approximate surface area is 119 Å². The number of hydrogen-bond donors (Lipinski definition) is 1. The predicted molar refractivity (Wildman–Crippen MR) is 77.3 cm³/mol. The SMILES string of the molecule is CN(CCCCCN)C(=O)c1ccc2c(c1)OCCO2. The fourth-order valence-corrected chi connectivity index (χ4v) is 2.17. The standard InChI is InChI=1S/C15H22N2O3/c1-17(8-4-2-3-7-16)15(18)12-5-6-13-14(11-12)20-10-9-19-13/h5-6,11H,2-4,7-10,16H2,1H3. The fraction of sp³-hybridized carbons (Fsp3) is 0.533. The molecule has 1 aromatic carbocycles. The van der Waals surface area contributed by atoms with E-state index in [2.05, 4.69) is 0 Å². The molecule has 0 fully saturated rings. The third-order valence-corrected chi connectivity index (χ3v) is 3.33. The summed E-state index contributed by atoms with van der Waals surface area (Å²) >= 11 is 0. The minimum absolute atomic E-state index is 0.00900. The Morgan fingerprint density at radius 3 is 2.70 bits per heavy atom. The van der Waals surface area contributed by atoms with Crippen molar-refractivity contribution < 1.29 is 14.3 Å². The smallest absolute Gasteiger partial charge is 0.253 e. The zero-order valence-electron chi connectivity index (χ0n) is 11.9. The van der Waals surface area contributed by atoms with Gasteiger partial charge in [-0.3, -0.25) is 4.79 Å². The monoisotopic (exact) mass is 278 g/mol. The van der Waals surface area contributed by atoms with E-state index in [1.165, 1.54) is 0 Å². The van der Waals surface area contributed by atoms with Crippen LogP contribution in [0.15, 0.2) is 18.2 Å². The molecule has 5 nitrogen and oxygen atoms in total. The lowest BCUT2D eigenvalue weighted by Gasteiger charge is -2.21. The number of nitrogens with two attached hydrogens (primary N) is 1. The number of unbranched alkanes of at least 4 members (excludes halogenated alkanes) is 2. The quantitative estimate of drug-likeness (QED) is 0.804. The fourth-order valence-electron chi connectivity index (χ4n) is 2.17. The van der Waals surface area contributed by atoms with Gasteiger partial charge in [-0.15, -0.1) is 0 Å². The topological polar surface area (TPSA) is 64.8 Å². The summed E-state index contributed by atoms with van der Waals surface area (Å²) in [6, 6.07) is 5.34. The van der Waals surface area contributed by atoms with Crippen LogP contribution in [0.2, 0.25) is 0 Å².